The lowest BCUT2D eigenvalue weighted by molar-refractivity contribution is -0.118. The summed E-state index contributed by atoms with van der Waals surface area (Å²) >= 11 is 0. The molecule has 0 aliphatic carbocycles. The van der Waals surface area contributed by atoms with Crippen LogP contribution in [0.2, 0.25) is 0 Å². The van der Waals surface area contributed by atoms with E-state index in [1.54, 1.807) is 0 Å². The van der Waals surface area contributed by atoms with Crippen molar-refractivity contribution in [1.82, 2.24) is 9.80 Å². The third kappa shape index (κ3) is 7.07. The molecule has 0 unspecified atom stereocenters. The second-order valence-corrected chi connectivity index (χ2v) is 9.86. The van der Waals surface area contributed by atoms with Gasteiger partial charge in [-0.15, -0.1) is 0 Å². The van der Waals surface area contributed by atoms with Crippen molar-refractivity contribution in [3.05, 3.63) is 60.2 Å². The van der Waals surface area contributed by atoms with E-state index in [1.807, 2.05) is 47.4 Å². The molecule has 6 heteroatoms. The molecule has 0 atom stereocenters. The molecule has 2 aliphatic heterocycles. The Morgan fingerprint density at radius 1 is 0.886 bits per heavy atom. The molecule has 1 N–H and O–H groups in total. The van der Waals surface area contributed by atoms with Crippen LogP contribution in [-0.2, 0) is 4.79 Å². The standard InChI is InChI=1S/C29H40N4O2/c1-2-18-33(27-16-21-32(22-17-27)29(35)24-10-6-5-7-11-24)23-28(34)30-25-12-14-26(15-13-25)31-19-8-3-4-9-20-31/h5-7,10-15,27H,2-4,8-9,16-23H2,1H3,(H,30,34). The lowest BCUT2D eigenvalue weighted by atomic mass is 10.0. The predicted molar refractivity (Wildman–Crippen MR) is 143 cm³/mol. The first-order valence-corrected chi connectivity index (χ1v) is 13.4. The first kappa shape index (κ1) is 25.2. The molecule has 2 aromatic carbocycles. The maximum absolute atomic E-state index is 12.9. The Balaban J connectivity index is 1.28. The predicted octanol–water partition coefficient (Wildman–Crippen LogP) is 5.02. The molecule has 2 aromatic rings. The van der Waals surface area contributed by atoms with Gasteiger partial charge >= 0.3 is 0 Å². The Kier molecular flexibility index (Phi) is 9.18. The normalized spacial score (nSPS) is 17.3. The average molecular weight is 477 g/mol. The van der Waals surface area contributed by atoms with Gasteiger partial charge in [-0.1, -0.05) is 38.0 Å². The van der Waals surface area contributed by atoms with Crippen molar-refractivity contribution in [3.63, 3.8) is 0 Å². The number of nitrogens with zero attached hydrogens (tertiary/aromatic N) is 3. The molecule has 35 heavy (non-hydrogen) atoms. The van der Waals surface area contributed by atoms with Crippen molar-refractivity contribution in [1.29, 1.82) is 0 Å². The molecule has 0 radical (unpaired) electrons. The first-order valence-electron chi connectivity index (χ1n) is 13.4. The van der Waals surface area contributed by atoms with Gasteiger partial charge in [0.05, 0.1) is 6.54 Å². The summed E-state index contributed by atoms with van der Waals surface area (Å²) in [4.78, 5) is 32.4. The zero-order valence-corrected chi connectivity index (χ0v) is 21.1. The van der Waals surface area contributed by atoms with Gasteiger partial charge in [0.1, 0.15) is 0 Å². The van der Waals surface area contributed by atoms with E-state index < -0.39 is 0 Å². The van der Waals surface area contributed by atoms with Crippen LogP contribution >= 0.6 is 0 Å². The van der Waals surface area contributed by atoms with Crippen LogP contribution in [0.5, 0.6) is 0 Å². The Labute approximate surface area is 210 Å². The molecule has 4 rings (SSSR count). The van der Waals surface area contributed by atoms with E-state index in [9.17, 15) is 9.59 Å². The van der Waals surface area contributed by atoms with Crippen molar-refractivity contribution >= 4 is 23.2 Å². The van der Waals surface area contributed by atoms with Gasteiger partial charge in [-0.2, -0.15) is 0 Å². The molecule has 2 aliphatic rings. The SMILES string of the molecule is CCCN(CC(=O)Nc1ccc(N2CCCCCC2)cc1)C1CCN(C(=O)c2ccccc2)CC1. The van der Waals surface area contributed by atoms with Gasteiger partial charge in [-0.05, 0) is 75.0 Å². The van der Waals surface area contributed by atoms with E-state index in [-0.39, 0.29) is 11.8 Å². The Morgan fingerprint density at radius 3 is 2.17 bits per heavy atom. The van der Waals surface area contributed by atoms with Crippen molar-refractivity contribution in [2.75, 3.05) is 49.5 Å². The van der Waals surface area contributed by atoms with Crippen molar-refractivity contribution in [2.24, 2.45) is 0 Å². The van der Waals surface area contributed by atoms with Gasteiger partial charge < -0.3 is 15.1 Å². The minimum atomic E-state index is 0.0313. The Hall–Kier alpha value is -2.86. The van der Waals surface area contributed by atoms with Gasteiger partial charge in [0.15, 0.2) is 0 Å². The van der Waals surface area contributed by atoms with Gasteiger partial charge in [-0.3, -0.25) is 14.5 Å². The highest BCUT2D eigenvalue weighted by molar-refractivity contribution is 5.94. The summed E-state index contributed by atoms with van der Waals surface area (Å²) in [5, 5.41) is 3.10. The summed E-state index contributed by atoms with van der Waals surface area (Å²) < 4.78 is 0. The van der Waals surface area contributed by atoms with Crippen molar-refractivity contribution in [2.45, 2.75) is 57.9 Å². The summed E-state index contributed by atoms with van der Waals surface area (Å²) in [6, 6.07) is 18.1. The largest absolute Gasteiger partial charge is 0.372 e. The van der Waals surface area contributed by atoms with Crippen LogP contribution in [0, 0.1) is 0 Å². The minimum Gasteiger partial charge on any atom is -0.372 e. The zero-order chi connectivity index (χ0) is 24.5. The Bertz CT molecular complexity index is 931. The van der Waals surface area contributed by atoms with Gasteiger partial charge in [0.2, 0.25) is 5.91 Å². The van der Waals surface area contributed by atoms with Crippen LogP contribution in [0.1, 0.15) is 62.2 Å². The molecule has 0 bridgehead atoms. The van der Waals surface area contributed by atoms with E-state index >= 15 is 0 Å². The van der Waals surface area contributed by atoms with Crippen LogP contribution in [0.3, 0.4) is 0 Å². The first-order chi connectivity index (χ1) is 17.1. The van der Waals surface area contributed by atoms with E-state index in [0.29, 0.717) is 12.6 Å². The van der Waals surface area contributed by atoms with Crippen LogP contribution in [0.25, 0.3) is 0 Å². The number of carbonyl (C=O) groups is 2. The van der Waals surface area contributed by atoms with Crippen LogP contribution in [0.15, 0.2) is 54.6 Å². The lowest BCUT2D eigenvalue weighted by Gasteiger charge is -2.38. The summed E-state index contributed by atoms with van der Waals surface area (Å²) in [7, 11) is 0. The molecule has 2 saturated heterocycles. The van der Waals surface area contributed by atoms with Crippen LogP contribution in [-0.4, -0.2) is 66.9 Å². The van der Waals surface area contributed by atoms with Crippen molar-refractivity contribution < 1.29 is 9.59 Å². The maximum atomic E-state index is 12.9. The van der Waals surface area contributed by atoms with E-state index in [1.165, 1.54) is 31.4 Å². The highest BCUT2D eigenvalue weighted by Crippen LogP contribution is 2.22. The number of anilines is 2. The zero-order valence-electron chi connectivity index (χ0n) is 21.1. The molecule has 0 aromatic heterocycles. The summed E-state index contributed by atoms with van der Waals surface area (Å²) in [6.07, 6.45) is 7.95. The topological polar surface area (TPSA) is 55.9 Å². The lowest BCUT2D eigenvalue weighted by Crippen LogP contribution is -2.49. The number of carbonyl (C=O) groups excluding carboxylic acids is 2. The number of rotatable bonds is 8. The number of benzene rings is 2. The highest BCUT2D eigenvalue weighted by Gasteiger charge is 2.28. The fraction of sp³-hybridized carbons (Fsp3) is 0.517. The van der Waals surface area contributed by atoms with E-state index in [0.717, 1.165) is 63.2 Å². The molecule has 2 amide bonds. The highest BCUT2D eigenvalue weighted by atomic mass is 16.2. The van der Waals surface area contributed by atoms with E-state index in [2.05, 4.69) is 34.2 Å². The maximum Gasteiger partial charge on any atom is 0.253 e. The molecule has 2 heterocycles. The number of nitrogens with one attached hydrogen (secondary N) is 1. The minimum absolute atomic E-state index is 0.0313. The molecular formula is C29H40N4O2. The molecule has 188 valence electrons. The fourth-order valence-electron chi connectivity index (χ4n) is 5.34. The van der Waals surface area contributed by atoms with Crippen LogP contribution < -0.4 is 10.2 Å². The van der Waals surface area contributed by atoms with Crippen molar-refractivity contribution in [3.8, 4) is 0 Å². The van der Waals surface area contributed by atoms with Gasteiger partial charge in [-0.25, -0.2) is 0 Å². The monoisotopic (exact) mass is 476 g/mol. The fourth-order valence-corrected chi connectivity index (χ4v) is 5.34. The number of hydrogen-bond donors (Lipinski definition) is 1. The summed E-state index contributed by atoms with van der Waals surface area (Å²) in [6.45, 7) is 7.13. The third-order valence-corrected chi connectivity index (χ3v) is 7.27. The molecule has 2 fully saturated rings. The average Bonchev–Trinajstić information content (AvgIpc) is 3.19. The van der Waals surface area contributed by atoms with Gasteiger partial charge in [0, 0.05) is 49.2 Å². The molecule has 6 nitrogen and oxygen atoms in total. The third-order valence-electron chi connectivity index (χ3n) is 7.27. The summed E-state index contributed by atoms with van der Waals surface area (Å²) in [5.41, 5.74) is 2.85. The molecule has 0 spiro atoms. The second-order valence-electron chi connectivity index (χ2n) is 9.86. The smallest absolute Gasteiger partial charge is 0.253 e. The Morgan fingerprint density at radius 2 is 1.54 bits per heavy atom. The molecule has 0 saturated carbocycles. The second kappa shape index (κ2) is 12.7. The number of hydrogen-bond acceptors (Lipinski definition) is 4. The number of piperidine rings is 1. The van der Waals surface area contributed by atoms with E-state index in [4.69, 9.17) is 0 Å². The van der Waals surface area contributed by atoms with Crippen LogP contribution in [0.4, 0.5) is 11.4 Å². The summed E-state index contributed by atoms with van der Waals surface area (Å²) in [5.74, 6) is 0.135. The number of likely N-dealkylation sites (tertiary alicyclic amines) is 1. The van der Waals surface area contributed by atoms with Gasteiger partial charge in [0.25, 0.3) is 5.91 Å². The number of amides is 2. The molecular weight excluding hydrogens is 436 g/mol. The quantitative estimate of drug-likeness (QED) is 0.581.